The van der Waals surface area contributed by atoms with Crippen molar-refractivity contribution in [2.24, 2.45) is 0 Å². The molecule has 0 bridgehead atoms. The number of hydrogen-bond donors (Lipinski definition) is 2. The number of benzene rings is 2. The lowest BCUT2D eigenvalue weighted by Crippen LogP contribution is -2.29. The van der Waals surface area contributed by atoms with Gasteiger partial charge in [0.1, 0.15) is 0 Å². The first-order chi connectivity index (χ1) is 14.5. The van der Waals surface area contributed by atoms with Crippen LogP contribution >= 0.6 is 0 Å². The number of aromatic amines is 1. The Labute approximate surface area is 176 Å². The highest BCUT2D eigenvalue weighted by Crippen LogP contribution is 2.34. The van der Waals surface area contributed by atoms with Crippen LogP contribution in [0.2, 0.25) is 0 Å². The fraction of sp³-hybridized carbons (Fsp3) is 0.261. The van der Waals surface area contributed by atoms with Crippen molar-refractivity contribution in [3.63, 3.8) is 0 Å². The summed E-state index contributed by atoms with van der Waals surface area (Å²) in [4.78, 5) is 10.0. The maximum atomic E-state index is 13.0. The van der Waals surface area contributed by atoms with E-state index in [2.05, 4.69) is 32.8 Å². The van der Waals surface area contributed by atoms with E-state index in [4.69, 9.17) is 0 Å². The molecule has 1 saturated heterocycles. The van der Waals surface area contributed by atoms with Crippen LogP contribution in [0.25, 0.3) is 21.8 Å². The molecule has 7 heteroatoms. The Morgan fingerprint density at radius 3 is 2.70 bits per heavy atom. The molecule has 1 fully saturated rings. The summed E-state index contributed by atoms with van der Waals surface area (Å²) in [7, 11) is -1.63. The van der Waals surface area contributed by atoms with Gasteiger partial charge in [0.05, 0.1) is 5.52 Å². The first-order valence-corrected chi connectivity index (χ1v) is 11.7. The zero-order valence-corrected chi connectivity index (χ0v) is 17.6. The molecule has 0 spiro atoms. The molecule has 30 heavy (non-hydrogen) atoms. The number of pyridine rings is 1. The van der Waals surface area contributed by atoms with Crippen molar-refractivity contribution in [2.75, 3.05) is 24.9 Å². The van der Waals surface area contributed by atoms with E-state index < -0.39 is 10.0 Å². The molecular formula is C23H24N4O2S. The van der Waals surface area contributed by atoms with Crippen LogP contribution in [0.5, 0.6) is 0 Å². The van der Waals surface area contributed by atoms with E-state index >= 15 is 0 Å². The minimum Gasteiger partial charge on any atom is -0.361 e. The number of likely N-dealkylation sites (tertiary alicyclic amines) is 1. The van der Waals surface area contributed by atoms with Gasteiger partial charge in [-0.25, -0.2) is 4.98 Å². The largest absolute Gasteiger partial charge is 0.361 e. The molecule has 2 aromatic carbocycles. The number of para-hydroxylation sites is 1. The van der Waals surface area contributed by atoms with Crippen LogP contribution < -0.4 is 4.72 Å². The smallest absolute Gasteiger partial charge is 0.279 e. The van der Waals surface area contributed by atoms with Gasteiger partial charge in [-0.1, -0.05) is 18.2 Å². The van der Waals surface area contributed by atoms with Gasteiger partial charge < -0.3 is 9.88 Å². The molecule has 154 valence electrons. The maximum absolute atomic E-state index is 13.0. The predicted molar refractivity (Wildman–Crippen MR) is 120 cm³/mol. The van der Waals surface area contributed by atoms with E-state index in [-0.39, 0.29) is 5.03 Å². The van der Waals surface area contributed by atoms with E-state index in [0.29, 0.717) is 17.1 Å². The fourth-order valence-corrected chi connectivity index (χ4v) is 5.28. The van der Waals surface area contributed by atoms with Crippen LogP contribution in [-0.4, -0.2) is 43.4 Å². The van der Waals surface area contributed by atoms with Gasteiger partial charge in [0.25, 0.3) is 10.0 Å². The summed E-state index contributed by atoms with van der Waals surface area (Å²) in [6, 6.07) is 16.5. The van der Waals surface area contributed by atoms with Crippen molar-refractivity contribution in [1.82, 2.24) is 14.9 Å². The summed E-state index contributed by atoms with van der Waals surface area (Å²) in [6.45, 7) is 2.16. The predicted octanol–water partition coefficient (Wildman–Crippen LogP) is 4.33. The number of nitrogens with one attached hydrogen (secondary N) is 2. The summed E-state index contributed by atoms with van der Waals surface area (Å²) in [6.07, 6.45) is 4.30. The fourth-order valence-electron chi connectivity index (χ4n) is 4.27. The molecule has 2 aromatic heterocycles. The molecular weight excluding hydrogens is 396 g/mol. The molecule has 0 saturated carbocycles. The van der Waals surface area contributed by atoms with E-state index in [1.807, 2.05) is 36.4 Å². The van der Waals surface area contributed by atoms with E-state index in [9.17, 15) is 8.42 Å². The number of piperidine rings is 1. The lowest BCUT2D eigenvalue weighted by atomic mass is 9.89. The van der Waals surface area contributed by atoms with Gasteiger partial charge in [-0.3, -0.25) is 4.72 Å². The Morgan fingerprint density at radius 1 is 1.07 bits per heavy atom. The Balaban J connectivity index is 1.46. The topological polar surface area (TPSA) is 78.1 Å². The average molecular weight is 421 g/mol. The minimum absolute atomic E-state index is 0.0194. The number of aromatic nitrogens is 2. The summed E-state index contributed by atoms with van der Waals surface area (Å²) in [5.41, 5.74) is 3.50. The van der Waals surface area contributed by atoms with Crippen LogP contribution in [0.1, 0.15) is 24.3 Å². The zero-order chi connectivity index (χ0) is 20.7. The van der Waals surface area contributed by atoms with Crippen LogP contribution in [0.4, 0.5) is 5.69 Å². The zero-order valence-electron chi connectivity index (χ0n) is 16.8. The molecule has 0 aliphatic carbocycles. The molecule has 4 aromatic rings. The van der Waals surface area contributed by atoms with Gasteiger partial charge in [0.15, 0.2) is 5.03 Å². The molecule has 0 unspecified atom stereocenters. The third-order valence-electron chi connectivity index (χ3n) is 5.97. The molecule has 5 rings (SSSR count). The molecule has 0 radical (unpaired) electrons. The van der Waals surface area contributed by atoms with Crippen LogP contribution in [-0.2, 0) is 10.0 Å². The lowest BCUT2D eigenvalue weighted by Gasteiger charge is -2.28. The molecule has 3 heterocycles. The number of sulfonamides is 1. The van der Waals surface area contributed by atoms with Gasteiger partial charge in [-0.15, -0.1) is 0 Å². The van der Waals surface area contributed by atoms with Gasteiger partial charge >= 0.3 is 0 Å². The van der Waals surface area contributed by atoms with E-state index in [1.54, 1.807) is 18.2 Å². The number of fused-ring (bicyclic) bond motifs is 2. The Morgan fingerprint density at radius 2 is 1.87 bits per heavy atom. The van der Waals surface area contributed by atoms with E-state index in [1.165, 1.54) is 5.56 Å². The molecule has 2 N–H and O–H groups in total. The second-order valence-corrected chi connectivity index (χ2v) is 9.66. The van der Waals surface area contributed by atoms with Crippen molar-refractivity contribution in [2.45, 2.75) is 23.8 Å². The van der Waals surface area contributed by atoms with Crippen molar-refractivity contribution >= 4 is 37.5 Å². The lowest BCUT2D eigenvalue weighted by molar-refractivity contribution is 0.256. The number of hydrogen-bond acceptors (Lipinski definition) is 4. The quantitative estimate of drug-likeness (QED) is 0.515. The standard InChI is InChI=1S/C23H24N4O2S/c1-27-12-10-16(11-13-27)20-15-24-22-8-7-18(14-19(20)22)26-30(28,29)23-9-6-17-4-2-3-5-21(17)25-23/h2-9,14-16,24,26H,10-13H2,1H3. The summed E-state index contributed by atoms with van der Waals surface area (Å²) >= 11 is 0. The van der Waals surface area contributed by atoms with Gasteiger partial charge in [0.2, 0.25) is 0 Å². The number of H-pyrrole nitrogens is 1. The van der Waals surface area contributed by atoms with Gasteiger partial charge in [-0.05, 0) is 80.9 Å². The second-order valence-electron chi connectivity index (χ2n) is 8.03. The van der Waals surface area contributed by atoms with Gasteiger partial charge in [0, 0.05) is 28.2 Å². The molecule has 0 atom stereocenters. The number of nitrogens with zero attached hydrogens (tertiary/aromatic N) is 2. The third kappa shape index (κ3) is 3.55. The average Bonchev–Trinajstić information content (AvgIpc) is 3.17. The molecule has 0 amide bonds. The first-order valence-electron chi connectivity index (χ1n) is 10.2. The van der Waals surface area contributed by atoms with Crippen LogP contribution in [0.15, 0.2) is 65.8 Å². The van der Waals surface area contributed by atoms with Crippen molar-refractivity contribution in [3.05, 3.63) is 66.4 Å². The molecule has 1 aliphatic heterocycles. The highest BCUT2D eigenvalue weighted by Gasteiger charge is 2.22. The monoisotopic (exact) mass is 420 g/mol. The molecule has 6 nitrogen and oxygen atoms in total. The summed E-state index contributed by atoms with van der Waals surface area (Å²) in [5, 5.41) is 2.01. The van der Waals surface area contributed by atoms with E-state index in [0.717, 1.165) is 42.2 Å². The minimum atomic E-state index is -3.78. The number of rotatable bonds is 4. The first kappa shape index (κ1) is 19.1. The Hall–Kier alpha value is -2.90. The summed E-state index contributed by atoms with van der Waals surface area (Å²) < 4.78 is 28.6. The Bertz CT molecular complexity index is 1320. The normalized spacial score (nSPS) is 16.3. The van der Waals surface area contributed by atoms with Crippen molar-refractivity contribution in [3.8, 4) is 0 Å². The second kappa shape index (κ2) is 7.41. The van der Waals surface area contributed by atoms with Crippen LogP contribution in [0, 0.1) is 0 Å². The summed E-state index contributed by atoms with van der Waals surface area (Å²) in [5.74, 6) is 0.490. The SMILES string of the molecule is CN1CCC(c2c[nH]c3ccc(NS(=O)(=O)c4ccc5ccccc5n4)cc23)CC1. The van der Waals surface area contributed by atoms with Crippen molar-refractivity contribution < 1.29 is 8.42 Å². The number of anilines is 1. The molecule has 1 aliphatic rings. The maximum Gasteiger partial charge on any atom is 0.279 e. The van der Waals surface area contributed by atoms with Gasteiger partial charge in [-0.2, -0.15) is 8.42 Å². The highest BCUT2D eigenvalue weighted by atomic mass is 32.2. The van der Waals surface area contributed by atoms with Crippen molar-refractivity contribution in [1.29, 1.82) is 0 Å². The van der Waals surface area contributed by atoms with Crippen LogP contribution in [0.3, 0.4) is 0 Å². The Kier molecular flexibility index (Phi) is 4.72. The highest BCUT2D eigenvalue weighted by molar-refractivity contribution is 7.92. The third-order valence-corrected chi connectivity index (χ3v) is 7.26.